The van der Waals surface area contributed by atoms with Crippen molar-refractivity contribution in [2.45, 2.75) is 13.8 Å². The molecule has 9 nitrogen and oxygen atoms in total. The van der Waals surface area contributed by atoms with Crippen LogP contribution in [-0.4, -0.2) is 49.9 Å². The minimum absolute atomic E-state index is 0.244. The van der Waals surface area contributed by atoms with Gasteiger partial charge in [0.1, 0.15) is 6.54 Å². The number of aromatic nitrogens is 5. The van der Waals surface area contributed by atoms with Gasteiger partial charge in [-0.25, -0.2) is 9.48 Å². The lowest BCUT2D eigenvalue weighted by molar-refractivity contribution is -0.141. The molecule has 0 aliphatic carbocycles. The van der Waals surface area contributed by atoms with Crippen LogP contribution >= 0.6 is 0 Å². The number of ether oxygens (including phenoxy) is 1. The van der Waals surface area contributed by atoms with E-state index >= 15 is 0 Å². The second-order valence-electron chi connectivity index (χ2n) is 4.97. The molecule has 1 aromatic carbocycles. The van der Waals surface area contributed by atoms with Crippen molar-refractivity contribution in [1.82, 2.24) is 30.1 Å². The molecule has 124 valence electrons. The summed E-state index contributed by atoms with van der Waals surface area (Å²) in [4.78, 5) is 23.7. The molecule has 0 spiro atoms. The first kappa shape index (κ1) is 15.7. The number of carbonyl (C=O) groups is 2. The first-order valence-corrected chi connectivity index (χ1v) is 7.42. The normalized spacial score (nSPS) is 10.8. The van der Waals surface area contributed by atoms with Crippen molar-refractivity contribution in [3.63, 3.8) is 0 Å². The van der Waals surface area contributed by atoms with Gasteiger partial charge < -0.3 is 10.1 Å². The number of hydrogen-bond donors (Lipinski definition) is 1. The van der Waals surface area contributed by atoms with Gasteiger partial charge in [-0.1, -0.05) is 23.4 Å². The summed E-state index contributed by atoms with van der Waals surface area (Å²) in [7, 11) is 0. The molecule has 9 heteroatoms. The second kappa shape index (κ2) is 6.49. The number of rotatable bonds is 4. The van der Waals surface area contributed by atoms with E-state index in [1.54, 1.807) is 18.5 Å². The number of carbonyl (C=O) groups excluding carboxylic acids is 2. The molecule has 1 N–H and O–H groups in total. The lowest BCUT2D eigenvalue weighted by Gasteiger charge is -2.06. The van der Waals surface area contributed by atoms with E-state index in [4.69, 9.17) is 4.74 Å². The number of hydrogen-bond acceptors (Lipinski definition) is 6. The number of amides is 1. The van der Waals surface area contributed by atoms with Gasteiger partial charge in [0.15, 0.2) is 11.2 Å². The molecule has 2 heterocycles. The van der Waals surface area contributed by atoms with Gasteiger partial charge in [-0.05, 0) is 26.0 Å². The van der Waals surface area contributed by atoms with Gasteiger partial charge in [-0.15, -0.1) is 9.78 Å². The van der Waals surface area contributed by atoms with E-state index in [-0.39, 0.29) is 13.2 Å². The van der Waals surface area contributed by atoms with E-state index in [2.05, 4.69) is 20.7 Å². The number of benzene rings is 1. The zero-order chi connectivity index (χ0) is 17.1. The summed E-state index contributed by atoms with van der Waals surface area (Å²) in [6.45, 7) is 3.49. The zero-order valence-electron chi connectivity index (χ0n) is 13.3. The van der Waals surface area contributed by atoms with Crippen molar-refractivity contribution in [2.24, 2.45) is 0 Å². The molecule has 0 bridgehead atoms. The van der Waals surface area contributed by atoms with Crippen molar-refractivity contribution in [3.05, 3.63) is 36.0 Å². The minimum atomic E-state index is -0.581. The fourth-order valence-corrected chi connectivity index (χ4v) is 2.27. The maximum Gasteiger partial charge on any atom is 0.346 e. The van der Waals surface area contributed by atoms with E-state index < -0.39 is 12.0 Å². The molecule has 1 amide bonds. The summed E-state index contributed by atoms with van der Waals surface area (Å²) in [6, 6.07) is 8.76. The predicted octanol–water partition coefficient (Wildman–Crippen LogP) is 1.05. The highest BCUT2D eigenvalue weighted by Gasteiger charge is 2.20. The summed E-state index contributed by atoms with van der Waals surface area (Å²) in [5.41, 5.74) is 2.38. The van der Waals surface area contributed by atoms with Crippen LogP contribution in [0.25, 0.3) is 16.9 Å². The lowest BCUT2D eigenvalue weighted by Crippen LogP contribution is -2.35. The van der Waals surface area contributed by atoms with Gasteiger partial charge in [0.2, 0.25) is 0 Å². The van der Waals surface area contributed by atoms with Crippen LogP contribution in [0.1, 0.15) is 12.6 Å². The molecule has 0 atom stereocenters. The van der Waals surface area contributed by atoms with Crippen LogP contribution < -0.4 is 5.32 Å². The summed E-state index contributed by atoms with van der Waals surface area (Å²) in [6.07, 6.45) is 0. The Morgan fingerprint density at radius 1 is 1.25 bits per heavy atom. The van der Waals surface area contributed by atoms with E-state index in [0.29, 0.717) is 16.9 Å². The number of aryl methyl sites for hydroxylation is 1. The smallest absolute Gasteiger partial charge is 0.346 e. The third kappa shape index (κ3) is 2.83. The van der Waals surface area contributed by atoms with E-state index in [9.17, 15) is 9.59 Å². The van der Waals surface area contributed by atoms with Crippen molar-refractivity contribution in [1.29, 1.82) is 0 Å². The van der Waals surface area contributed by atoms with Gasteiger partial charge in [-0.2, -0.15) is 5.10 Å². The maximum atomic E-state index is 12.3. The number of esters is 1. The topological polar surface area (TPSA) is 104 Å². The second-order valence-corrected chi connectivity index (χ2v) is 4.97. The van der Waals surface area contributed by atoms with E-state index in [1.807, 2.05) is 30.3 Å². The Bertz CT molecular complexity index is 883. The highest BCUT2D eigenvalue weighted by molar-refractivity contribution is 5.89. The van der Waals surface area contributed by atoms with Crippen molar-refractivity contribution in [2.75, 3.05) is 13.2 Å². The van der Waals surface area contributed by atoms with E-state index in [0.717, 1.165) is 10.4 Å². The standard InChI is InChI=1S/C15H16N6O3/c1-3-24-12(22)9-16-15(23)21-14-13(17-19-21)10(2)18-20(14)11-7-5-4-6-8-11/h4-8H,3,9H2,1-2H3,(H,16,23). The maximum absolute atomic E-state index is 12.3. The summed E-state index contributed by atoms with van der Waals surface area (Å²) >= 11 is 0. The molecule has 3 rings (SSSR count). The van der Waals surface area contributed by atoms with Crippen LogP contribution in [0.2, 0.25) is 0 Å². The number of nitrogens with one attached hydrogen (secondary N) is 1. The fraction of sp³-hybridized carbons (Fsp3) is 0.267. The Morgan fingerprint density at radius 3 is 2.71 bits per heavy atom. The first-order chi connectivity index (χ1) is 11.6. The quantitative estimate of drug-likeness (QED) is 0.718. The average molecular weight is 328 g/mol. The Hall–Kier alpha value is -3.23. The van der Waals surface area contributed by atoms with Gasteiger partial charge >= 0.3 is 12.0 Å². The van der Waals surface area contributed by atoms with Crippen molar-refractivity contribution in [3.8, 4) is 5.69 Å². The highest BCUT2D eigenvalue weighted by atomic mass is 16.5. The molecule has 0 radical (unpaired) electrons. The molecule has 0 saturated heterocycles. The Kier molecular flexibility index (Phi) is 4.23. The third-order valence-corrected chi connectivity index (χ3v) is 3.32. The Morgan fingerprint density at radius 2 is 2.00 bits per heavy atom. The Balaban J connectivity index is 1.95. The van der Waals surface area contributed by atoms with Crippen molar-refractivity contribution < 1.29 is 14.3 Å². The number of para-hydroxylation sites is 1. The molecule has 0 fully saturated rings. The molecular formula is C15H16N6O3. The van der Waals surface area contributed by atoms with Crippen molar-refractivity contribution >= 4 is 23.2 Å². The first-order valence-electron chi connectivity index (χ1n) is 7.42. The molecule has 2 aromatic heterocycles. The summed E-state index contributed by atoms with van der Waals surface area (Å²) < 4.78 is 7.45. The van der Waals surface area contributed by atoms with Gasteiger partial charge in [0.25, 0.3) is 0 Å². The molecule has 0 saturated carbocycles. The van der Waals surface area contributed by atoms with Gasteiger partial charge in [0.05, 0.1) is 18.0 Å². The van der Waals surface area contributed by atoms with Crippen LogP contribution in [0.4, 0.5) is 4.79 Å². The molecule has 3 aromatic rings. The van der Waals surface area contributed by atoms with E-state index in [1.165, 1.54) is 0 Å². The highest BCUT2D eigenvalue weighted by Crippen LogP contribution is 2.19. The van der Waals surface area contributed by atoms with Crippen LogP contribution in [0.3, 0.4) is 0 Å². The Labute approximate surface area is 137 Å². The minimum Gasteiger partial charge on any atom is -0.465 e. The molecule has 0 unspecified atom stereocenters. The largest absolute Gasteiger partial charge is 0.465 e. The third-order valence-electron chi connectivity index (χ3n) is 3.32. The zero-order valence-corrected chi connectivity index (χ0v) is 13.3. The van der Waals surface area contributed by atoms with Gasteiger partial charge in [0, 0.05) is 0 Å². The SMILES string of the molecule is CCOC(=O)CNC(=O)n1nnc2c(C)nn(-c3ccccc3)c21. The monoisotopic (exact) mass is 328 g/mol. The fourth-order valence-electron chi connectivity index (χ4n) is 2.27. The van der Waals surface area contributed by atoms with Crippen LogP contribution in [0, 0.1) is 6.92 Å². The van der Waals surface area contributed by atoms with Crippen LogP contribution in [-0.2, 0) is 9.53 Å². The molecule has 24 heavy (non-hydrogen) atoms. The number of fused-ring (bicyclic) bond motifs is 1. The summed E-state index contributed by atoms with van der Waals surface area (Å²) in [5.74, 6) is -0.519. The predicted molar refractivity (Wildman–Crippen MR) is 84.8 cm³/mol. The number of nitrogens with zero attached hydrogens (tertiary/aromatic N) is 5. The average Bonchev–Trinajstić information content (AvgIpc) is 3.15. The molecule has 0 aliphatic rings. The molecular weight excluding hydrogens is 312 g/mol. The van der Waals surface area contributed by atoms with Gasteiger partial charge in [-0.3, -0.25) is 4.79 Å². The molecule has 0 aliphatic heterocycles. The lowest BCUT2D eigenvalue weighted by atomic mass is 10.3. The van der Waals surface area contributed by atoms with Crippen LogP contribution in [0.15, 0.2) is 30.3 Å². The summed E-state index contributed by atoms with van der Waals surface area (Å²) in [5, 5.41) is 14.7. The van der Waals surface area contributed by atoms with Crippen LogP contribution in [0.5, 0.6) is 0 Å².